The second kappa shape index (κ2) is 8.74. The molecule has 4 heteroatoms. The molecular formula is C29H31N3O. The van der Waals surface area contributed by atoms with Crippen LogP contribution in [-0.4, -0.2) is 32.9 Å². The van der Waals surface area contributed by atoms with Crippen molar-refractivity contribution in [3.8, 4) is 0 Å². The summed E-state index contributed by atoms with van der Waals surface area (Å²) in [6, 6.07) is 19.1. The van der Waals surface area contributed by atoms with Gasteiger partial charge < -0.3 is 4.90 Å². The summed E-state index contributed by atoms with van der Waals surface area (Å²) >= 11 is 0. The highest BCUT2D eigenvalue weighted by atomic mass is 16.2. The maximum Gasteiger partial charge on any atom is 0.254 e. The van der Waals surface area contributed by atoms with E-state index in [-0.39, 0.29) is 5.91 Å². The Hall–Kier alpha value is -3.01. The van der Waals surface area contributed by atoms with Gasteiger partial charge in [0.25, 0.3) is 5.91 Å². The third kappa shape index (κ3) is 3.86. The summed E-state index contributed by atoms with van der Waals surface area (Å²) in [5, 5.41) is 2.26. The van der Waals surface area contributed by atoms with Crippen LogP contribution in [0.1, 0.15) is 74.6 Å². The summed E-state index contributed by atoms with van der Waals surface area (Å²) in [6.45, 7) is 0. The Morgan fingerprint density at radius 3 is 2.09 bits per heavy atom. The molecule has 4 nitrogen and oxygen atoms in total. The zero-order valence-corrected chi connectivity index (χ0v) is 19.2. The summed E-state index contributed by atoms with van der Waals surface area (Å²) in [7, 11) is 0. The number of hydrogen-bond donors (Lipinski definition) is 0. The van der Waals surface area contributed by atoms with Crippen molar-refractivity contribution in [3.63, 3.8) is 0 Å². The van der Waals surface area contributed by atoms with E-state index in [0.717, 1.165) is 64.1 Å². The van der Waals surface area contributed by atoms with Crippen LogP contribution in [-0.2, 0) is 0 Å². The van der Waals surface area contributed by atoms with Gasteiger partial charge in [0.05, 0.1) is 22.1 Å². The molecule has 2 aliphatic rings. The van der Waals surface area contributed by atoms with Gasteiger partial charge in [-0.05, 0) is 55.3 Å². The van der Waals surface area contributed by atoms with Crippen molar-refractivity contribution in [1.82, 2.24) is 14.9 Å². The van der Waals surface area contributed by atoms with Gasteiger partial charge in [-0.15, -0.1) is 0 Å². The van der Waals surface area contributed by atoms with E-state index < -0.39 is 0 Å². The molecule has 0 spiro atoms. The molecule has 0 radical (unpaired) electrons. The van der Waals surface area contributed by atoms with Gasteiger partial charge in [0, 0.05) is 23.0 Å². The highest BCUT2D eigenvalue weighted by Gasteiger charge is 2.33. The fourth-order valence-corrected chi connectivity index (χ4v) is 6.04. The first kappa shape index (κ1) is 20.6. The van der Waals surface area contributed by atoms with Gasteiger partial charge in [-0.3, -0.25) is 4.79 Å². The lowest BCUT2D eigenvalue weighted by Crippen LogP contribution is -2.48. The number of amides is 1. The molecule has 2 saturated carbocycles. The van der Waals surface area contributed by atoms with Gasteiger partial charge in [0.2, 0.25) is 0 Å². The molecule has 0 atom stereocenters. The summed E-state index contributed by atoms with van der Waals surface area (Å²) in [4.78, 5) is 26.1. The molecule has 0 aliphatic heterocycles. The molecule has 4 aromatic rings. The van der Waals surface area contributed by atoms with Crippen LogP contribution in [0.5, 0.6) is 0 Å². The molecule has 1 amide bonds. The molecule has 1 aromatic heterocycles. The third-order valence-corrected chi connectivity index (χ3v) is 7.75. The number of nitrogens with zero attached hydrogens (tertiary/aromatic N) is 3. The van der Waals surface area contributed by atoms with E-state index in [1.807, 2.05) is 36.4 Å². The van der Waals surface area contributed by atoms with Crippen molar-refractivity contribution in [3.05, 3.63) is 60.2 Å². The minimum Gasteiger partial charge on any atom is -0.333 e. The molecule has 6 rings (SSSR count). The van der Waals surface area contributed by atoms with Gasteiger partial charge in [0.1, 0.15) is 0 Å². The van der Waals surface area contributed by atoms with E-state index in [1.54, 1.807) is 0 Å². The van der Waals surface area contributed by atoms with Crippen LogP contribution >= 0.6 is 0 Å². The predicted molar refractivity (Wildman–Crippen MR) is 134 cm³/mol. The lowest BCUT2D eigenvalue weighted by molar-refractivity contribution is 0.0448. The second-order valence-corrected chi connectivity index (χ2v) is 9.88. The van der Waals surface area contributed by atoms with E-state index >= 15 is 0 Å². The molecule has 0 bridgehead atoms. The first-order valence-corrected chi connectivity index (χ1v) is 12.7. The topological polar surface area (TPSA) is 46.1 Å². The van der Waals surface area contributed by atoms with Gasteiger partial charge >= 0.3 is 0 Å². The number of carbonyl (C=O) groups is 1. The van der Waals surface area contributed by atoms with E-state index in [9.17, 15) is 4.79 Å². The van der Waals surface area contributed by atoms with Crippen LogP contribution < -0.4 is 0 Å². The standard InChI is InChI=1S/C29H31N3O/c33-29(32(22-10-3-1-4-11-22)23-12-5-2-6-13-23)21-16-17-25-27(19-21)31-28-24-14-8-7-9-20(24)15-18-26(28)30-25/h7-9,14-19,22-23H,1-6,10-13H2. The number of carbonyl (C=O) groups excluding carboxylic acids is 1. The van der Waals surface area contributed by atoms with Crippen LogP contribution in [0.15, 0.2) is 54.6 Å². The summed E-state index contributed by atoms with van der Waals surface area (Å²) in [5.74, 6) is 0.190. The highest BCUT2D eigenvalue weighted by molar-refractivity contribution is 6.06. The quantitative estimate of drug-likeness (QED) is 0.255. The molecule has 0 N–H and O–H groups in total. The zero-order chi connectivity index (χ0) is 22.2. The molecule has 2 aliphatic carbocycles. The van der Waals surface area contributed by atoms with Gasteiger partial charge in [-0.1, -0.05) is 68.9 Å². The maximum absolute atomic E-state index is 13.9. The normalized spacial score (nSPS) is 18.2. The van der Waals surface area contributed by atoms with Crippen LogP contribution in [0.3, 0.4) is 0 Å². The minimum atomic E-state index is 0.190. The van der Waals surface area contributed by atoms with Crippen LogP contribution in [0, 0.1) is 0 Å². The average Bonchev–Trinajstić information content (AvgIpc) is 2.88. The highest BCUT2D eigenvalue weighted by Crippen LogP contribution is 2.32. The van der Waals surface area contributed by atoms with Crippen molar-refractivity contribution in [2.45, 2.75) is 76.3 Å². The molecule has 3 aromatic carbocycles. The Morgan fingerprint density at radius 1 is 0.697 bits per heavy atom. The van der Waals surface area contributed by atoms with Crippen LogP contribution in [0.25, 0.3) is 32.8 Å². The van der Waals surface area contributed by atoms with Gasteiger partial charge in [-0.2, -0.15) is 0 Å². The van der Waals surface area contributed by atoms with Crippen molar-refractivity contribution < 1.29 is 4.79 Å². The maximum atomic E-state index is 13.9. The second-order valence-electron chi connectivity index (χ2n) is 9.88. The largest absolute Gasteiger partial charge is 0.333 e. The Morgan fingerprint density at radius 2 is 1.36 bits per heavy atom. The molecule has 33 heavy (non-hydrogen) atoms. The van der Waals surface area contributed by atoms with E-state index in [4.69, 9.17) is 9.97 Å². The fraction of sp³-hybridized carbons (Fsp3) is 0.414. The smallest absolute Gasteiger partial charge is 0.254 e. The van der Waals surface area contributed by atoms with E-state index in [1.165, 1.54) is 38.5 Å². The number of rotatable bonds is 3. The van der Waals surface area contributed by atoms with Crippen LogP contribution in [0.2, 0.25) is 0 Å². The number of hydrogen-bond acceptors (Lipinski definition) is 3. The molecule has 0 saturated heterocycles. The summed E-state index contributed by atoms with van der Waals surface area (Å²) in [5.41, 5.74) is 4.20. The SMILES string of the molecule is O=C(c1ccc2nc3ccc4ccccc4c3nc2c1)N(C1CCCCC1)C1CCCCC1. The minimum absolute atomic E-state index is 0.190. The molecule has 0 unspecified atom stereocenters. The number of aromatic nitrogens is 2. The monoisotopic (exact) mass is 437 g/mol. The van der Waals surface area contributed by atoms with Crippen LogP contribution in [0.4, 0.5) is 0 Å². The van der Waals surface area contributed by atoms with Gasteiger partial charge in [0.15, 0.2) is 0 Å². The van der Waals surface area contributed by atoms with Crippen molar-refractivity contribution in [1.29, 1.82) is 0 Å². The van der Waals surface area contributed by atoms with Crippen molar-refractivity contribution in [2.24, 2.45) is 0 Å². The summed E-state index contributed by atoms with van der Waals surface area (Å²) < 4.78 is 0. The molecule has 1 heterocycles. The van der Waals surface area contributed by atoms with E-state index in [2.05, 4.69) is 23.1 Å². The Balaban J connectivity index is 1.42. The fourth-order valence-electron chi connectivity index (χ4n) is 6.04. The Bertz CT molecular complexity index is 1300. The van der Waals surface area contributed by atoms with Gasteiger partial charge in [-0.25, -0.2) is 9.97 Å². The zero-order valence-electron chi connectivity index (χ0n) is 19.2. The Kier molecular flexibility index (Phi) is 5.45. The Labute approximate surface area is 195 Å². The first-order chi connectivity index (χ1) is 16.3. The third-order valence-electron chi connectivity index (χ3n) is 7.75. The average molecular weight is 438 g/mol. The number of fused-ring (bicyclic) bond motifs is 4. The molecule has 2 fully saturated rings. The number of benzene rings is 3. The van der Waals surface area contributed by atoms with Crippen molar-refractivity contribution in [2.75, 3.05) is 0 Å². The van der Waals surface area contributed by atoms with Crippen molar-refractivity contribution >= 4 is 38.7 Å². The van der Waals surface area contributed by atoms with E-state index in [0.29, 0.717) is 12.1 Å². The lowest BCUT2D eigenvalue weighted by Gasteiger charge is -2.42. The summed E-state index contributed by atoms with van der Waals surface area (Å²) in [6.07, 6.45) is 12.1. The lowest BCUT2D eigenvalue weighted by atomic mass is 9.88. The molecule has 168 valence electrons. The molecular weight excluding hydrogens is 406 g/mol. The first-order valence-electron chi connectivity index (χ1n) is 12.7. The predicted octanol–water partition coefficient (Wildman–Crippen LogP) is 7.04.